The van der Waals surface area contributed by atoms with Crippen LogP contribution in [-0.2, 0) is 9.47 Å². The molecule has 0 atom stereocenters. The SMILES string of the molecule is CCCCCCCCCC.OCC1CCC2(CC1)OCCO2. The molecule has 2 rings (SSSR count). The predicted octanol–water partition coefficient (Wildman–Crippen LogP) is 5.06. The van der Waals surface area contributed by atoms with Crippen molar-refractivity contribution in [1.82, 2.24) is 0 Å². The van der Waals surface area contributed by atoms with Crippen molar-refractivity contribution in [3.8, 4) is 0 Å². The van der Waals surface area contributed by atoms with E-state index in [4.69, 9.17) is 14.6 Å². The van der Waals surface area contributed by atoms with E-state index in [2.05, 4.69) is 13.8 Å². The zero-order valence-corrected chi connectivity index (χ0v) is 14.9. The molecule has 1 heterocycles. The zero-order valence-electron chi connectivity index (χ0n) is 14.9. The highest BCUT2D eigenvalue weighted by Gasteiger charge is 2.39. The van der Waals surface area contributed by atoms with Crippen LogP contribution < -0.4 is 0 Å². The van der Waals surface area contributed by atoms with Crippen molar-refractivity contribution in [3.63, 3.8) is 0 Å². The van der Waals surface area contributed by atoms with Crippen LogP contribution in [0.5, 0.6) is 0 Å². The fourth-order valence-corrected chi connectivity index (χ4v) is 3.29. The molecule has 1 N–H and O–H groups in total. The molecule has 2 fully saturated rings. The Hall–Kier alpha value is -0.120. The number of aliphatic hydroxyl groups excluding tert-OH is 1. The maximum absolute atomic E-state index is 8.94. The van der Waals surface area contributed by atoms with Gasteiger partial charge >= 0.3 is 0 Å². The maximum atomic E-state index is 8.94. The molecule has 3 nitrogen and oxygen atoms in total. The number of aliphatic hydroxyl groups is 1. The van der Waals surface area contributed by atoms with Gasteiger partial charge in [0.05, 0.1) is 13.2 Å². The third-order valence-electron chi connectivity index (χ3n) is 4.90. The van der Waals surface area contributed by atoms with Crippen LogP contribution in [0.4, 0.5) is 0 Å². The highest BCUT2D eigenvalue weighted by Crippen LogP contribution is 2.37. The van der Waals surface area contributed by atoms with Gasteiger partial charge in [-0.2, -0.15) is 0 Å². The molecule has 0 aromatic rings. The van der Waals surface area contributed by atoms with Crippen molar-refractivity contribution in [2.75, 3.05) is 19.8 Å². The third kappa shape index (κ3) is 7.94. The van der Waals surface area contributed by atoms with E-state index < -0.39 is 0 Å². The van der Waals surface area contributed by atoms with Crippen LogP contribution in [0.2, 0.25) is 0 Å². The lowest BCUT2D eigenvalue weighted by atomic mass is 9.86. The molecule has 0 bridgehead atoms. The highest BCUT2D eigenvalue weighted by molar-refractivity contribution is 4.81. The second kappa shape index (κ2) is 12.3. The number of unbranched alkanes of at least 4 members (excludes halogenated alkanes) is 7. The van der Waals surface area contributed by atoms with Gasteiger partial charge in [-0.25, -0.2) is 0 Å². The fraction of sp³-hybridized carbons (Fsp3) is 1.00. The van der Waals surface area contributed by atoms with Gasteiger partial charge in [-0.3, -0.25) is 0 Å². The van der Waals surface area contributed by atoms with E-state index in [1.165, 1.54) is 51.4 Å². The molecule has 0 unspecified atom stereocenters. The zero-order chi connectivity index (χ0) is 16.1. The summed E-state index contributed by atoms with van der Waals surface area (Å²) in [6.07, 6.45) is 15.4. The van der Waals surface area contributed by atoms with Crippen LogP contribution in [-0.4, -0.2) is 30.7 Å². The molecule has 2 aliphatic rings. The van der Waals surface area contributed by atoms with E-state index in [9.17, 15) is 0 Å². The number of ether oxygens (including phenoxy) is 2. The number of hydrogen-bond donors (Lipinski definition) is 1. The molecule has 132 valence electrons. The smallest absolute Gasteiger partial charge is 0.168 e. The molecule has 1 saturated heterocycles. The van der Waals surface area contributed by atoms with Crippen molar-refractivity contribution in [2.45, 2.75) is 96.7 Å². The molecule has 22 heavy (non-hydrogen) atoms. The first-order valence-corrected chi connectivity index (χ1v) is 9.65. The van der Waals surface area contributed by atoms with E-state index in [-0.39, 0.29) is 5.79 Å². The van der Waals surface area contributed by atoms with Crippen LogP contribution in [0.15, 0.2) is 0 Å². The van der Waals surface area contributed by atoms with Crippen molar-refractivity contribution >= 4 is 0 Å². The summed E-state index contributed by atoms with van der Waals surface area (Å²) in [6, 6.07) is 0. The summed E-state index contributed by atoms with van der Waals surface area (Å²) in [6.45, 7) is 6.34. The molecule has 1 spiro atoms. The molecule has 3 heteroatoms. The van der Waals surface area contributed by atoms with Crippen LogP contribution in [0, 0.1) is 5.92 Å². The number of rotatable bonds is 8. The van der Waals surface area contributed by atoms with Crippen LogP contribution in [0.3, 0.4) is 0 Å². The van der Waals surface area contributed by atoms with Gasteiger partial charge in [0.2, 0.25) is 0 Å². The van der Waals surface area contributed by atoms with Gasteiger partial charge in [-0.15, -0.1) is 0 Å². The van der Waals surface area contributed by atoms with Gasteiger partial charge in [0.1, 0.15) is 0 Å². The van der Waals surface area contributed by atoms with E-state index >= 15 is 0 Å². The minimum absolute atomic E-state index is 0.258. The Morgan fingerprint density at radius 3 is 1.68 bits per heavy atom. The third-order valence-corrected chi connectivity index (χ3v) is 4.90. The van der Waals surface area contributed by atoms with Gasteiger partial charge in [0, 0.05) is 19.4 Å². The van der Waals surface area contributed by atoms with Crippen molar-refractivity contribution in [2.24, 2.45) is 5.92 Å². The summed E-state index contributed by atoms with van der Waals surface area (Å²) in [5.41, 5.74) is 0. The fourth-order valence-electron chi connectivity index (χ4n) is 3.29. The van der Waals surface area contributed by atoms with Crippen LogP contribution in [0.1, 0.15) is 90.9 Å². The van der Waals surface area contributed by atoms with Gasteiger partial charge < -0.3 is 14.6 Å². The van der Waals surface area contributed by atoms with Gasteiger partial charge in [-0.1, -0.05) is 65.2 Å². The topological polar surface area (TPSA) is 38.7 Å². The summed E-state index contributed by atoms with van der Waals surface area (Å²) in [5.74, 6) is 0.217. The summed E-state index contributed by atoms with van der Waals surface area (Å²) >= 11 is 0. The Morgan fingerprint density at radius 2 is 1.27 bits per heavy atom. The summed E-state index contributed by atoms with van der Waals surface area (Å²) in [4.78, 5) is 0. The normalized spacial score (nSPS) is 20.9. The minimum atomic E-state index is -0.258. The Bertz CT molecular complexity index is 231. The molecule has 0 radical (unpaired) electrons. The monoisotopic (exact) mass is 314 g/mol. The average Bonchev–Trinajstić information content (AvgIpc) is 3.00. The quantitative estimate of drug-likeness (QED) is 0.636. The summed E-state index contributed by atoms with van der Waals surface area (Å²) < 4.78 is 11.1. The lowest BCUT2D eigenvalue weighted by molar-refractivity contribution is -0.183. The van der Waals surface area contributed by atoms with Crippen LogP contribution in [0.25, 0.3) is 0 Å². The Kier molecular flexibility index (Phi) is 11.2. The average molecular weight is 315 g/mol. The summed E-state index contributed by atoms with van der Waals surface area (Å²) in [5, 5.41) is 8.94. The molecule has 1 saturated carbocycles. The second-order valence-electron chi connectivity index (χ2n) is 6.85. The van der Waals surface area contributed by atoms with Gasteiger partial charge in [-0.05, 0) is 18.8 Å². The molecular weight excluding hydrogens is 276 g/mol. The first-order chi connectivity index (χ1) is 10.8. The Balaban J connectivity index is 0.000000225. The molecule has 1 aliphatic heterocycles. The highest BCUT2D eigenvalue weighted by atomic mass is 16.7. The van der Waals surface area contributed by atoms with E-state index in [0.717, 1.165) is 38.9 Å². The van der Waals surface area contributed by atoms with E-state index in [1.807, 2.05) is 0 Å². The summed E-state index contributed by atoms with van der Waals surface area (Å²) in [7, 11) is 0. The predicted molar refractivity (Wildman–Crippen MR) is 92.0 cm³/mol. The second-order valence-corrected chi connectivity index (χ2v) is 6.85. The minimum Gasteiger partial charge on any atom is -0.396 e. The van der Waals surface area contributed by atoms with Crippen molar-refractivity contribution < 1.29 is 14.6 Å². The van der Waals surface area contributed by atoms with Gasteiger partial charge in [0.25, 0.3) is 0 Å². The van der Waals surface area contributed by atoms with Crippen molar-refractivity contribution in [1.29, 1.82) is 0 Å². The molecule has 0 aromatic heterocycles. The van der Waals surface area contributed by atoms with E-state index in [0.29, 0.717) is 12.5 Å². The maximum Gasteiger partial charge on any atom is 0.168 e. The number of hydrogen-bond acceptors (Lipinski definition) is 3. The van der Waals surface area contributed by atoms with Gasteiger partial charge in [0.15, 0.2) is 5.79 Å². The Labute approximate surface area is 137 Å². The van der Waals surface area contributed by atoms with E-state index in [1.54, 1.807) is 0 Å². The Morgan fingerprint density at radius 1 is 0.818 bits per heavy atom. The van der Waals surface area contributed by atoms with Crippen LogP contribution >= 0.6 is 0 Å². The molecule has 0 aromatic carbocycles. The molecule has 0 amide bonds. The molecular formula is C19H38O3. The lowest BCUT2D eigenvalue weighted by Crippen LogP contribution is -2.35. The largest absolute Gasteiger partial charge is 0.396 e. The lowest BCUT2D eigenvalue weighted by Gasteiger charge is -2.34. The first-order valence-electron chi connectivity index (χ1n) is 9.65. The standard InChI is InChI=1S/C10H22.C9H16O3/c1-3-5-7-9-10-8-6-4-2;10-7-8-1-3-9(4-2-8)11-5-6-12-9/h3-10H2,1-2H3;8,10H,1-7H2. The molecule has 1 aliphatic carbocycles. The first kappa shape index (κ1) is 19.9. The van der Waals surface area contributed by atoms with Crippen molar-refractivity contribution in [3.05, 3.63) is 0 Å².